The minimum absolute atomic E-state index is 0.0299. The Hall–Kier alpha value is -2.28. The Bertz CT molecular complexity index is 686. The molecule has 150 valence electrons. The lowest BCUT2D eigenvalue weighted by molar-refractivity contribution is -0.0322. The second-order valence-corrected chi connectivity index (χ2v) is 7.86. The van der Waals surface area contributed by atoms with Crippen LogP contribution in [0.25, 0.3) is 0 Å². The lowest BCUT2D eigenvalue weighted by Crippen LogP contribution is -2.48. The second-order valence-electron chi connectivity index (χ2n) is 7.86. The first kappa shape index (κ1) is 21.0. The average molecular weight is 379 g/mol. The molecule has 0 aromatic heterocycles. The van der Waals surface area contributed by atoms with Crippen LogP contribution in [0.5, 0.6) is 11.5 Å². The molecule has 1 fully saturated rings. The summed E-state index contributed by atoms with van der Waals surface area (Å²) in [6, 6.07) is 4.96. The third-order valence-corrected chi connectivity index (χ3v) is 4.54. The highest BCUT2D eigenvalue weighted by atomic mass is 16.6. The van der Waals surface area contributed by atoms with Crippen molar-refractivity contribution in [1.82, 2.24) is 4.90 Å². The Labute approximate surface area is 160 Å². The molecule has 1 heterocycles. The Morgan fingerprint density at radius 2 is 1.78 bits per heavy atom. The predicted octanol–water partition coefficient (Wildman–Crippen LogP) is 3.04. The normalized spacial score (nSPS) is 16.6. The lowest BCUT2D eigenvalue weighted by Gasteiger charge is -2.38. The molecular weight excluding hydrogens is 350 g/mol. The number of hydrogen-bond acceptors (Lipinski definition) is 6. The Kier molecular flexibility index (Phi) is 6.36. The van der Waals surface area contributed by atoms with Crippen LogP contribution in [0, 0.1) is 0 Å². The van der Waals surface area contributed by atoms with E-state index in [1.165, 1.54) is 14.2 Å². The number of nitrogens with zero attached hydrogens (tertiary/aromatic N) is 1. The summed E-state index contributed by atoms with van der Waals surface area (Å²) < 4.78 is 15.8. The van der Waals surface area contributed by atoms with Crippen molar-refractivity contribution in [1.29, 1.82) is 0 Å². The molecule has 7 heteroatoms. The fraction of sp³-hybridized carbons (Fsp3) is 0.600. The Morgan fingerprint density at radius 3 is 2.30 bits per heavy atom. The van der Waals surface area contributed by atoms with E-state index in [-0.39, 0.29) is 12.2 Å². The topological polar surface area (TPSA) is 85.3 Å². The molecule has 1 aliphatic heterocycles. The summed E-state index contributed by atoms with van der Waals surface area (Å²) in [6.45, 7) is 6.13. The van der Waals surface area contributed by atoms with E-state index < -0.39 is 17.3 Å². The fourth-order valence-corrected chi connectivity index (χ4v) is 3.03. The van der Waals surface area contributed by atoms with Gasteiger partial charge in [0, 0.05) is 25.6 Å². The summed E-state index contributed by atoms with van der Waals surface area (Å²) in [7, 11) is 3.02. The molecule has 1 aromatic carbocycles. The maximum Gasteiger partial charge on any atom is 0.410 e. The standard InChI is InChI=1S/C20H29NO6/c1-19(2,3)27-18(23)21-10-8-20(24,9-11-21)13-16(22)15-7-6-14(25-4)12-17(15)26-5/h6-7,12,24H,8-11,13H2,1-5H3. The van der Waals surface area contributed by atoms with Crippen molar-refractivity contribution in [2.45, 2.75) is 51.2 Å². The van der Waals surface area contributed by atoms with Crippen molar-refractivity contribution in [2.24, 2.45) is 0 Å². The molecule has 1 saturated heterocycles. The Morgan fingerprint density at radius 1 is 1.15 bits per heavy atom. The molecule has 1 amide bonds. The highest BCUT2D eigenvalue weighted by Crippen LogP contribution is 2.31. The number of carbonyl (C=O) groups is 2. The number of carbonyl (C=O) groups excluding carboxylic acids is 2. The third kappa shape index (κ3) is 5.60. The van der Waals surface area contributed by atoms with Gasteiger partial charge in [-0.25, -0.2) is 4.79 Å². The van der Waals surface area contributed by atoms with Crippen LogP contribution in [-0.4, -0.2) is 60.4 Å². The summed E-state index contributed by atoms with van der Waals surface area (Å²) in [5.41, 5.74) is -1.31. The number of ketones is 1. The van der Waals surface area contributed by atoms with Crippen LogP contribution in [-0.2, 0) is 4.74 Å². The molecule has 1 N–H and O–H groups in total. The first-order chi connectivity index (χ1) is 12.6. The number of methoxy groups -OCH3 is 2. The smallest absolute Gasteiger partial charge is 0.410 e. The van der Waals surface area contributed by atoms with E-state index >= 15 is 0 Å². The van der Waals surface area contributed by atoms with Crippen LogP contribution in [0.3, 0.4) is 0 Å². The molecule has 0 radical (unpaired) electrons. The number of Topliss-reactive ketones (excluding diaryl/α,β-unsaturated/α-hetero) is 1. The largest absolute Gasteiger partial charge is 0.497 e. The molecule has 7 nitrogen and oxygen atoms in total. The second kappa shape index (κ2) is 8.17. The highest BCUT2D eigenvalue weighted by molar-refractivity contribution is 5.99. The van der Waals surface area contributed by atoms with Gasteiger partial charge in [0.2, 0.25) is 0 Å². The molecule has 0 atom stereocenters. The molecule has 1 aromatic rings. The number of amides is 1. The number of ether oxygens (including phenoxy) is 3. The van der Waals surface area contributed by atoms with Crippen molar-refractivity contribution in [2.75, 3.05) is 27.3 Å². The molecule has 0 aliphatic carbocycles. The highest BCUT2D eigenvalue weighted by Gasteiger charge is 2.37. The molecule has 1 aliphatic rings. The van der Waals surface area contributed by atoms with Crippen LogP contribution >= 0.6 is 0 Å². The minimum atomic E-state index is -1.15. The van der Waals surface area contributed by atoms with E-state index in [1.807, 2.05) is 20.8 Å². The van der Waals surface area contributed by atoms with Crippen molar-refractivity contribution in [3.8, 4) is 11.5 Å². The summed E-state index contributed by atoms with van der Waals surface area (Å²) in [5.74, 6) is 0.796. The van der Waals surface area contributed by atoms with E-state index in [1.54, 1.807) is 23.1 Å². The van der Waals surface area contributed by atoms with Crippen molar-refractivity contribution < 1.29 is 28.9 Å². The maximum atomic E-state index is 12.7. The SMILES string of the molecule is COc1ccc(C(=O)CC2(O)CCN(C(=O)OC(C)(C)C)CC2)c(OC)c1. The van der Waals surface area contributed by atoms with Gasteiger partial charge in [-0.05, 0) is 45.7 Å². The lowest BCUT2D eigenvalue weighted by atomic mass is 9.85. The molecule has 2 rings (SSSR count). The van der Waals surface area contributed by atoms with Gasteiger partial charge in [0.1, 0.15) is 17.1 Å². The summed E-state index contributed by atoms with van der Waals surface area (Å²) in [5, 5.41) is 10.8. The van der Waals surface area contributed by atoms with Gasteiger partial charge in [0.15, 0.2) is 5.78 Å². The summed E-state index contributed by atoms with van der Waals surface area (Å²) >= 11 is 0. The predicted molar refractivity (Wildman–Crippen MR) is 100 cm³/mol. The first-order valence-corrected chi connectivity index (χ1v) is 9.02. The number of rotatable bonds is 5. The van der Waals surface area contributed by atoms with Gasteiger partial charge in [0.05, 0.1) is 25.4 Å². The van der Waals surface area contributed by atoms with Crippen LogP contribution in [0.2, 0.25) is 0 Å². The average Bonchev–Trinajstić information content (AvgIpc) is 2.59. The number of piperidine rings is 1. The van der Waals surface area contributed by atoms with Crippen LogP contribution in [0.4, 0.5) is 4.79 Å². The van der Waals surface area contributed by atoms with Gasteiger partial charge in [-0.15, -0.1) is 0 Å². The quantitative estimate of drug-likeness (QED) is 0.792. The molecular formula is C20H29NO6. The van der Waals surface area contributed by atoms with Crippen molar-refractivity contribution >= 4 is 11.9 Å². The number of aliphatic hydroxyl groups is 1. The van der Waals surface area contributed by atoms with Crippen molar-refractivity contribution in [3.63, 3.8) is 0 Å². The van der Waals surface area contributed by atoms with Gasteiger partial charge in [-0.1, -0.05) is 0 Å². The van der Waals surface area contributed by atoms with Gasteiger partial charge >= 0.3 is 6.09 Å². The number of likely N-dealkylation sites (tertiary alicyclic amines) is 1. The van der Waals surface area contributed by atoms with Gasteiger partial charge in [0.25, 0.3) is 0 Å². The van der Waals surface area contributed by atoms with Gasteiger partial charge < -0.3 is 24.2 Å². The zero-order chi connectivity index (χ0) is 20.2. The summed E-state index contributed by atoms with van der Waals surface area (Å²) in [4.78, 5) is 26.4. The van der Waals surface area contributed by atoms with Crippen LogP contribution in [0.15, 0.2) is 18.2 Å². The molecule has 27 heavy (non-hydrogen) atoms. The Balaban J connectivity index is 2.00. The third-order valence-electron chi connectivity index (χ3n) is 4.54. The zero-order valence-corrected chi connectivity index (χ0v) is 16.7. The van der Waals surface area contributed by atoms with E-state index in [0.717, 1.165) is 0 Å². The number of hydrogen-bond donors (Lipinski definition) is 1. The van der Waals surface area contributed by atoms with E-state index in [4.69, 9.17) is 14.2 Å². The zero-order valence-electron chi connectivity index (χ0n) is 16.7. The van der Waals surface area contributed by atoms with Gasteiger partial charge in [-0.3, -0.25) is 4.79 Å². The van der Waals surface area contributed by atoms with Crippen LogP contribution < -0.4 is 9.47 Å². The summed E-state index contributed by atoms with van der Waals surface area (Å²) in [6.07, 6.45) is 0.206. The molecule has 0 bridgehead atoms. The molecule has 0 spiro atoms. The maximum absolute atomic E-state index is 12.7. The molecule has 0 unspecified atom stereocenters. The monoisotopic (exact) mass is 379 g/mol. The molecule has 0 saturated carbocycles. The van der Waals surface area contributed by atoms with Crippen molar-refractivity contribution in [3.05, 3.63) is 23.8 Å². The van der Waals surface area contributed by atoms with Gasteiger partial charge in [-0.2, -0.15) is 0 Å². The van der Waals surface area contributed by atoms with Crippen LogP contribution in [0.1, 0.15) is 50.4 Å². The fourth-order valence-electron chi connectivity index (χ4n) is 3.03. The van der Waals surface area contributed by atoms with E-state index in [2.05, 4.69) is 0 Å². The van der Waals surface area contributed by atoms with E-state index in [0.29, 0.717) is 43.0 Å². The number of benzene rings is 1. The minimum Gasteiger partial charge on any atom is -0.497 e. The van der Waals surface area contributed by atoms with E-state index in [9.17, 15) is 14.7 Å². The first-order valence-electron chi connectivity index (χ1n) is 9.02.